The summed E-state index contributed by atoms with van der Waals surface area (Å²) in [4.78, 5) is 25.6. The molecule has 0 atom stereocenters. The second-order valence-corrected chi connectivity index (χ2v) is 8.89. The van der Waals surface area contributed by atoms with Gasteiger partial charge in [0.2, 0.25) is 0 Å². The van der Waals surface area contributed by atoms with E-state index in [4.69, 9.17) is 9.47 Å². The Morgan fingerprint density at radius 1 is 1.09 bits per heavy atom. The van der Waals surface area contributed by atoms with Gasteiger partial charge in [-0.15, -0.1) is 0 Å². The average molecular weight is 473 g/mol. The van der Waals surface area contributed by atoms with Gasteiger partial charge in [0.15, 0.2) is 6.61 Å². The molecular formula is C24H28N2O6S. The zero-order valence-electron chi connectivity index (χ0n) is 18.9. The highest BCUT2D eigenvalue weighted by molar-refractivity contribution is 7.92. The summed E-state index contributed by atoms with van der Waals surface area (Å²) in [5.41, 5.74) is 1.84. The van der Waals surface area contributed by atoms with Crippen LogP contribution in [0.1, 0.15) is 19.4 Å². The van der Waals surface area contributed by atoms with Gasteiger partial charge in [-0.2, -0.15) is 0 Å². The van der Waals surface area contributed by atoms with E-state index in [1.165, 1.54) is 31.4 Å². The van der Waals surface area contributed by atoms with Crippen LogP contribution < -0.4 is 9.46 Å². The number of hydrogen-bond donors (Lipinski definition) is 1. The molecule has 0 fully saturated rings. The lowest BCUT2D eigenvalue weighted by Crippen LogP contribution is -2.35. The zero-order chi connectivity index (χ0) is 24.4. The van der Waals surface area contributed by atoms with E-state index in [1.54, 1.807) is 41.3 Å². The number of carbonyl (C=O) groups excluding carboxylic acids is 2. The summed E-state index contributed by atoms with van der Waals surface area (Å²) < 4.78 is 37.6. The molecule has 9 heteroatoms. The Labute approximate surface area is 194 Å². The van der Waals surface area contributed by atoms with Crippen molar-refractivity contribution in [3.05, 3.63) is 72.3 Å². The molecule has 1 N–H and O–H groups in total. The van der Waals surface area contributed by atoms with Gasteiger partial charge < -0.3 is 14.4 Å². The molecule has 2 rings (SSSR count). The summed E-state index contributed by atoms with van der Waals surface area (Å²) in [5.74, 6) is -0.361. The number of nitrogens with zero attached hydrogens (tertiary/aromatic N) is 1. The first-order valence-electron chi connectivity index (χ1n) is 10.2. The number of sulfonamides is 1. The molecule has 0 unspecified atom stereocenters. The van der Waals surface area contributed by atoms with Crippen LogP contribution in [-0.2, 0) is 24.3 Å². The predicted octanol–water partition coefficient (Wildman–Crippen LogP) is 3.48. The van der Waals surface area contributed by atoms with Crippen molar-refractivity contribution in [2.45, 2.75) is 18.7 Å². The highest BCUT2D eigenvalue weighted by Gasteiger charge is 2.15. The van der Waals surface area contributed by atoms with Gasteiger partial charge in [-0.05, 0) is 61.9 Å². The van der Waals surface area contributed by atoms with Crippen LogP contribution in [-0.4, -0.2) is 52.0 Å². The molecule has 0 spiro atoms. The minimum absolute atomic E-state index is 0.0702. The Hall–Kier alpha value is -3.59. The Morgan fingerprint density at radius 2 is 1.73 bits per heavy atom. The average Bonchev–Trinajstić information content (AvgIpc) is 2.80. The second-order valence-electron chi connectivity index (χ2n) is 7.21. The van der Waals surface area contributed by atoms with Crippen LogP contribution in [0.4, 0.5) is 5.69 Å². The Balaban J connectivity index is 1.93. The molecular weight excluding hydrogens is 444 g/mol. The van der Waals surface area contributed by atoms with Gasteiger partial charge in [-0.1, -0.05) is 24.3 Å². The maximum Gasteiger partial charge on any atom is 0.331 e. The minimum Gasteiger partial charge on any atom is -0.497 e. The van der Waals surface area contributed by atoms with E-state index < -0.39 is 16.0 Å². The lowest BCUT2D eigenvalue weighted by atomic mass is 10.2. The molecule has 0 saturated carbocycles. The summed E-state index contributed by atoms with van der Waals surface area (Å²) in [6, 6.07) is 12.5. The summed E-state index contributed by atoms with van der Waals surface area (Å²) >= 11 is 0. The predicted molar refractivity (Wildman–Crippen MR) is 127 cm³/mol. The number of methoxy groups -OCH3 is 1. The summed E-state index contributed by atoms with van der Waals surface area (Å²) in [7, 11) is -2.25. The molecule has 1 amide bonds. The third-order valence-corrected chi connectivity index (χ3v) is 5.87. The SMILES string of the molecule is C=C(C)CN(CC)C(=O)COC(=O)/C=C/c1ccc(S(=O)(=O)Nc2ccc(OC)cc2)cc1. The highest BCUT2D eigenvalue weighted by Crippen LogP contribution is 2.20. The molecule has 0 heterocycles. The van der Waals surface area contributed by atoms with Crippen LogP contribution >= 0.6 is 0 Å². The number of anilines is 1. The van der Waals surface area contributed by atoms with Crippen molar-refractivity contribution in [3.63, 3.8) is 0 Å². The Kier molecular flexibility index (Phi) is 9.23. The molecule has 8 nitrogen and oxygen atoms in total. The molecule has 0 aliphatic carbocycles. The van der Waals surface area contributed by atoms with Crippen molar-refractivity contribution < 1.29 is 27.5 Å². The van der Waals surface area contributed by atoms with Crippen molar-refractivity contribution in [2.24, 2.45) is 0 Å². The second kappa shape index (κ2) is 11.9. The van der Waals surface area contributed by atoms with Crippen LogP contribution in [0.15, 0.2) is 71.7 Å². The Morgan fingerprint density at radius 3 is 2.27 bits per heavy atom. The van der Waals surface area contributed by atoms with E-state index in [0.717, 1.165) is 5.57 Å². The van der Waals surface area contributed by atoms with Crippen LogP contribution in [0.5, 0.6) is 5.75 Å². The van der Waals surface area contributed by atoms with Crippen molar-refractivity contribution in [1.29, 1.82) is 0 Å². The van der Waals surface area contributed by atoms with Crippen LogP contribution in [0.2, 0.25) is 0 Å². The Bertz CT molecular complexity index is 1110. The number of amides is 1. The van der Waals surface area contributed by atoms with Gasteiger partial charge in [-0.3, -0.25) is 9.52 Å². The number of ether oxygens (including phenoxy) is 2. The monoisotopic (exact) mass is 472 g/mol. The number of esters is 1. The number of benzene rings is 2. The molecule has 0 aliphatic heterocycles. The van der Waals surface area contributed by atoms with Gasteiger partial charge in [-0.25, -0.2) is 13.2 Å². The molecule has 0 radical (unpaired) electrons. The molecule has 176 valence electrons. The molecule has 0 saturated heterocycles. The number of nitrogens with one attached hydrogen (secondary N) is 1. The molecule has 2 aromatic carbocycles. The lowest BCUT2D eigenvalue weighted by molar-refractivity contribution is -0.147. The first-order chi connectivity index (χ1) is 15.6. The topological polar surface area (TPSA) is 102 Å². The highest BCUT2D eigenvalue weighted by atomic mass is 32.2. The maximum absolute atomic E-state index is 12.6. The summed E-state index contributed by atoms with van der Waals surface area (Å²) in [6.07, 6.45) is 2.66. The molecule has 0 aromatic heterocycles. The number of hydrogen-bond acceptors (Lipinski definition) is 6. The molecule has 0 aliphatic rings. The first-order valence-corrected chi connectivity index (χ1v) is 11.7. The van der Waals surface area contributed by atoms with E-state index in [0.29, 0.717) is 30.1 Å². The fourth-order valence-electron chi connectivity index (χ4n) is 2.77. The third-order valence-electron chi connectivity index (χ3n) is 4.48. The lowest BCUT2D eigenvalue weighted by Gasteiger charge is -2.20. The van der Waals surface area contributed by atoms with Crippen molar-refractivity contribution in [2.75, 3.05) is 31.5 Å². The number of rotatable bonds is 11. The van der Waals surface area contributed by atoms with Gasteiger partial charge >= 0.3 is 5.97 Å². The number of likely N-dealkylation sites (N-methyl/N-ethyl adjacent to an activating group) is 1. The van der Waals surface area contributed by atoms with E-state index in [-0.39, 0.29) is 17.4 Å². The van der Waals surface area contributed by atoms with Crippen molar-refractivity contribution >= 4 is 33.7 Å². The van der Waals surface area contributed by atoms with E-state index in [9.17, 15) is 18.0 Å². The van der Waals surface area contributed by atoms with Gasteiger partial charge in [0.05, 0.1) is 12.0 Å². The van der Waals surface area contributed by atoms with Crippen LogP contribution in [0, 0.1) is 0 Å². The standard InChI is InChI=1S/C24H28N2O6S/c1-5-26(16-18(2)3)23(27)17-32-24(28)15-8-19-6-13-22(14-7-19)33(29,30)25-20-9-11-21(31-4)12-10-20/h6-15,25H,2,5,16-17H2,1,3-4H3/b15-8+. The van der Waals surface area contributed by atoms with Crippen molar-refractivity contribution in [3.8, 4) is 5.75 Å². The van der Waals surface area contributed by atoms with Crippen LogP contribution in [0.25, 0.3) is 6.08 Å². The molecule has 2 aromatic rings. The fraction of sp³-hybridized carbons (Fsp3) is 0.250. The fourth-order valence-corrected chi connectivity index (χ4v) is 3.83. The van der Waals surface area contributed by atoms with Gasteiger partial charge in [0.1, 0.15) is 5.75 Å². The number of carbonyl (C=O) groups is 2. The quantitative estimate of drug-likeness (QED) is 0.305. The minimum atomic E-state index is -3.77. The smallest absolute Gasteiger partial charge is 0.331 e. The summed E-state index contributed by atoms with van der Waals surface area (Å²) in [6.45, 7) is 7.95. The maximum atomic E-state index is 12.6. The van der Waals surface area contributed by atoms with Gasteiger partial charge in [0, 0.05) is 24.9 Å². The van der Waals surface area contributed by atoms with E-state index in [1.807, 2.05) is 13.8 Å². The third kappa shape index (κ3) is 8.12. The largest absolute Gasteiger partial charge is 0.497 e. The van der Waals surface area contributed by atoms with Gasteiger partial charge in [0.25, 0.3) is 15.9 Å². The summed E-state index contributed by atoms with van der Waals surface area (Å²) in [5, 5.41) is 0. The molecule has 33 heavy (non-hydrogen) atoms. The van der Waals surface area contributed by atoms with E-state index in [2.05, 4.69) is 11.3 Å². The zero-order valence-corrected chi connectivity index (χ0v) is 19.7. The molecule has 0 bridgehead atoms. The van der Waals surface area contributed by atoms with Crippen molar-refractivity contribution in [1.82, 2.24) is 4.90 Å². The van der Waals surface area contributed by atoms with Crippen LogP contribution in [0.3, 0.4) is 0 Å². The normalized spacial score (nSPS) is 11.1. The van der Waals surface area contributed by atoms with E-state index >= 15 is 0 Å². The first kappa shape index (κ1) is 25.7.